The maximum absolute atomic E-state index is 12.0. The first-order chi connectivity index (χ1) is 8.17. The van der Waals surface area contributed by atoms with Crippen molar-refractivity contribution in [2.75, 3.05) is 5.32 Å². The molecule has 0 saturated heterocycles. The molecule has 0 spiro atoms. The molecular formula is C14H20ClNO. The lowest BCUT2D eigenvalue weighted by molar-refractivity contribution is -0.120. The van der Waals surface area contributed by atoms with Crippen LogP contribution in [-0.2, 0) is 4.79 Å². The smallest absolute Gasteiger partial charge is 0.227 e. The van der Waals surface area contributed by atoms with Crippen LogP contribution in [0.25, 0.3) is 0 Å². The van der Waals surface area contributed by atoms with Gasteiger partial charge in [-0.2, -0.15) is 0 Å². The monoisotopic (exact) mass is 253 g/mol. The summed E-state index contributed by atoms with van der Waals surface area (Å²) in [5.41, 5.74) is 0.775. The molecule has 1 N–H and O–H groups in total. The maximum atomic E-state index is 12.0. The van der Waals surface area contributed by atoms with Crippen molar-refractivity contribution < 1.29 is 4.79 Å². The van der Waals surface area contributed by atoms with E-state index >= 15 is 0 Å². The van der Waals surface area contributed by atoms with Crippen molar-refractivity contribution in [3.63, 3.8) is 0 Å². The second-order valence-electron chi connectivity index (χ2n) is 4.25. The van der Waals surface area contributed by atoms with Gasteiger partial charge in [-0.1, -0.05) is 44.4 Å². The van der Waals surface area contributed by atoms with Gasteiger partial charge in [-0.05, 0) is 31.0 Å². The zero-order chi connectivity index (χ0) is 12.7. The molecule has 1 aromatic rings. The van der Waals surface area contributed by atoms with Crippen molar-refractivity contribution >= 4 is 23.2 Å². The van der Waals surface area contributed by atoms with Gasteiger partial charge in [0.15, 0.2) is 0 Å². The Morgan fingerprint density at radius 3 is 2.76 bits per heavy atom. The minimum absolute atomic E-state index is 0.100. The quantitative estimate of drug-likeness (QED) is 0.795. The number of halogens is 1. The van der Waals surface area contributed by atoms with Gasteiger partial charge in [-0.25, -0.2) is 0 Å². The standard InChI is InChI=1S/C14H20ClNO/c1-3-5-7-11(4-2)14(17)16-13-9-6-8-12(15)10-13/h6,8-11H,3-5,7H2,1-2H3,(H,16,17). The fourth-order valence-corrected chi connectivity index (χ4v) is 1.97. The van der Waals surface area contributed by atoms with Crippen molar-refractivity contribution in [3.8, 4) is 0 Å². The first kappa shape index (κ1) is 14.0. The minimum atomic E-state index is 0.100. The fourth-order valence-electron chi connectivity index (χ4n) is 1.78. The van der Waals surface area contributed by atoms with Crippen LogP contribution in [0.3, 0.4) is 0 Å². The molecule has 3 heteroatoms. The zero-order valence-corrected chi connectivity index (χ0v) is 11.3. The third-order valence-corrected chi connectivity index (χ3v) is 3.10. The highest BCUT2D eigenvalue weighted by molar-refractivity contribution is 6.30. The van der Waals surface area contributed by atoms with Crippen molar-refractivity contribution in [2.45, 2.75) is 39.5 Å². The van der Waals surface area contributed by atoms with Gasteiger partial charge in [0.05, 0.1) is 0 Å². The average molecular weight is 254 g/mol. The molecule has 0 aliphatic heterocycles. The van der Waals surface area contributed by atoms with E-state index in [0.29, 0.717) is 5.02 Å². The van der Waals surface area contributed by atoms with E-state index in [1.54, 1.807) is 12.1 Å². The number of nitrogens with one attached hydrogen (secondary N) is 1. The summed E-state index contributed by atoms with van der Waals surface area (Å²) in [4.78, 5) is 12.0. The molecule has 94 valence electrons. The van der Waals surface area contributed by atoms with Gasteiger partial charge in [-0.3, -0.25) is 4.79 Å². The normalized spacial score (nSPS) is 12.2. The van der Waals surface area contributed by atoms with Crippen molar-refractivity contribution in [3.05, 3.63) is 29.3 Å². The number of hydrogen-bond acceptors (Lipinski definition) is 1. The Kier molecular flexibility index (Phi) is 6.06. The number of anilines is 1. The van der Waals surface area contributed by atoms with Gasteiger partial charge in [0.1, 0.15) is 0 Å². The molecule has 1 unspecified atom stereocenters. The summed E-state index contributed by atoms with van der Waals surface area (Å²) in [6, 6.07) is 7.26. The lowest BCUT2D eigenvalue weighted by Crippen LogP contribution is -2.22. The second-order valence-corrected chi connectivity index (χ2v) is 4.68. The molecule has 0 bridgehead atoms. The summed E-state index contributed by atoms with van der Waals surface area (Å²) in [6.45, 7) is 4.19. The van der Waals surface area contributed by atoms with Gasteiger partial charge < -0.3 is 5.32 Å². The van der Waals surface area contributed by atoms with Crippen molar-refractivity contribution in [1.29, 1.82) is 0 Å². The van der Waals surface area contributed by atoms with E-state index < -0.39 is 0 Å². The molecule has 1 aromatic carbocycles. The Morgan fingerprint density at radius 1 is 1.41 bits per heavy atom. The lowest BCUT2D eigenvalue weighted by atomic mass is 9.98. The average Bonchev–Trinajstić information content (AvgIpc) is 2.30. The molecule has 0 aliphatic rings. The summed E-state index contributed by atoms with van der Waals surface area (Å²) in [5.74, 6) is 0.206. The Morgan fingerprint density at radius 2 is 2.18 bits per heavy atom. The predicted octanol–water partition coefficient (Wildman–Crippen LogP) is 4.49. The SMILES string of the molecule is CCCCC(CC)C(=O)Nc1cccc(Cl)c1. The van der Waals surface area contributed by atoms with Crippen molar-refractivity contribution in [2.24, 2.45) is 5.92 Å². The molecule has 2 nitrogen and oxygen atoms in total. The van der Waals surface area contributed by atoms with E-state index in [1.165, 1.54) is 0 Å². The molecule has 0 aromatic heterocycles. The Balaban J connectivity index is 2.57. The molecule has 1 rings (SSSR count). The second kappa shape index (κ2) is 7.33. The molecule has 0 aliphatic carbocycles. The summed E-state index contributed by atoms with van der Waals surface area (Å²) in [5, 5.41) is 3.56. The van der Waals surface area contributed by atoms with Gasteiger partial charge in [0, 0.05) is 16.6 Å². The largest absolute Gasteiger partial charge is 0.326 e. The maximum Gasteiger partial charge on any atom is 0.227 e. The van der Waals surface area contributed by atoms with E-state index in [-0.39, 0.29) is 11.8 Å². The van der Waals surface area contributed by atoms with Gasteiger partial charge in [-0.15, -0.1) is 0 Å². The Bertz CT molecular complexity index is 365. The number of benzene rings is 1. The van der Waals surface area contributed by atoms with Crippen LogP contribution >= 0.6 is 11.6 Å². The van der Waals surface area contributed by atoms with Crippen LogP contribution in [0.1, 0.15) is 39.5 Å². The van der Waals surface area contributed by atoms with Crippen LogP contribution in [0.4, 0.5) is 5.69 Å². The summed E-state index contributed by atoms with van der Waals surface area (Å²) in [6.07, 6.45) is 4.06. The number of hydrogen-bond donors (Lipinski definition) is 1. The third-order valence-electron chi connectivity index (χ3n) is 2.86. The highest BCUT2D eigenvalue weighted by Crippen LogP contribution is 2.18. The lowest BCUT2D eigenvalue weighted by Gasteiger charge is -2.14. The van der Waals surface area contributed by atoms with E-state index in [4.69, 9.17) is 11.6 Å². The van der Waals surface area contributed by atoms with Crippen LogP contribution in [0, 0.1) is 5.92 Å². The van der Waals surface area contributed by atoms with Gasteiger partial charge >= 0.3 is 0 Å². The molecular weight excluding hydrogens is 234 g/mol. The summed E-state index contributed by atoms with van der Waals surface area (Å²) < 4.78 is 0. The van der Waals surface area contributed by atoms with Crippen LogP contribution in [0.15, 0.2) is 24.3 Å². The zero-order valence-electron chi connectivity index (χ0n) is 10.5. The first-order valence-corrected chi connectivity index (χ1v) is 6.61. The molecule has 1 amide bonds. The molecule has 0 radical (unpaired) electrons. The van der Waals surface area contributed by atoms with E-state index in [1.807, 2.05) is 12.1 Å². The van der Waals surface area contributed by atoms with E-state index in [0.717, 1.165) is 31.4 Å². The molecule has 0 heterocycles. The number of rotatable bonds is 6. The molecule has 17 heavy (non-hydrogen) atoms. The van der Waals surface area contributed by atoms with E-state index in [2.05, 4.69) is 19.2 Å². The van der Waals surface area contributed by atoms with Crippen LogP contribution < -0.4 is 5.32 Å². The third kappa shape index (κ3) is 4.78. The first-order valence-electron chi connectivity index (χ1n) is 6.23. The number of unbranched alkanes of at least 4 members (excludes halogenated alkanes) is 1. The van der Waals surface area contributed by atoms with Gasteiger partial charge in [0.2, 0.25) is 5.91 Å². The summed E-state index contributed by atoms with van der Waals surface area (Å²) >= 11 is 5.87. The molecule has 0 saturated carbocycles. The van der Waals surface area contributed by atoms with Crippen LogP contribution in [0.2, 0.25) is 5.02 Å². The molecule has 1 atom stereocenters. The molecule has 0 fully saturated rings. The predicted molar refractivity (Wildman–Crippen MR) is 73.4 cm³/mol. The topological polar surface area (TPSA) is 29.1 Å². The highest BCUT2D eigenvalue weighted by Gasteiger charge is 2.15. The number of carbonyl (C=O) groups excluding carboxylic acids is 1. The Hall–Kier alpha value is -1.02. The van der Waals surface area contributed by atoms with Gasteiger partial charge in [0.25, 0.3) is 0 Å². The fraction of sp³-hybridized carbons (Fsp3) is 0.500. The summed E-state index contributed by atoms with van der Waals surface area (Å²) in [7, 11) is 0. The number of carbonyl (C=O) groups is 1. The minimum Gasteiger partial charge on any atom is -0.326 e. The van der Waals surface area contributed by atoms with E-state index in [9.17, 15) is 4.79 Å². The van der Waals surface area contributed by atoms with Crippen LogP contribution in [0.5, 0.6) is 0 Å². The van der Waals surface area contributed by atoms with Crippen molar-refractivity contribution in [1.82, 2.24) is 0 Å². The number of amides is 1. The van der Waals surface area contributed by atoms with Crippen LogP contribution in [-0.4, -0.2) is 5.91 Å². The Labute approximate surface area is 108 Å². The highest BCUT2D eigenvalue weighted by atomic mass is 35.5.